The quantitative estimate of drug-likeness (QED) is 0.147. The second-order valence-corrected chi connectivity index (χ2v) is 26.7. The van der Waals surface area contributed by atoms with E-state index in [0.29, 0.717) is 0 Å². The molecule has 0 atom stereocenters. The minimum absolute atomic E-state index is 0.00243. The first-order valence-electron chi connectivity index (χ1n) is 27.4. The molecule has 5 heteroatoms. The third-order valence-electron chi connectivity index (χ3n) is 18.1. The molecule has 370 valence electrons. The lowest BCUT2D eigenvalue weighted by Gasteiger charge is -2.48. The van der Waals surface area contributed by atoms with Crippen LogP contribution in [-0.4, -0.2) is 6.71 Å². The van der Waals surface area contributed by atoms with Gasteiger partial charge in [-0.2, -0.15) is 0 Å². The Morgan fingerprint density at radius 2 is 1.00 bits per heavy atom. The van der Waals surface area contributed by atoms with E-state index in [1.54, 1.807) is 0 Å². The number of thiophene rings is 1. The van der Waals surface area contributed by atoms with Crippen molar-refractivity contribution < 1.29 is 0 Å². The zero-order valence-corrected chi connectivity index (χ0v) is 46.7. The van der Waals surface area contributed by atoms with E-state index in [-0.39, 0.29) is 33.8 Å². The van der Waals surface area contributed by atoms with Gasteiger partial charge in [0, 0.05) is 44.5 Å². The van der Waals surface area contributed by atoms with E-state index in [1.165, 1.54) is 112 Å². The van der Waals surface area contributed by atoms with Crippen LogP contribution < -0.4 is 31.1 Å². The van der Waals surface area contributed by atoms with Gasteiger partial charge < -0.3 is 14.7 Å². The summed E-state index contributed by atoms with van der Waals surface area (Å²) in [6.07, 6.45) is 6.71. The molecule has 8 aromatic rings. The Labute approximate surface area is 441 Å². The molecule has 7 aromatic carbocycles. The maximum Gasteiger partial charge on any atom is 0.254 e. The minimum Gasteiger partial charge on any atom is -0.311 e. The first kappa shape index (κ1) is 47.9. The van der Waals surface area contributed by atoms with Crippen molar-refractivity contribution in [2.75, 3.05) is 14.7 Å². The Kier molecular flexibility index (Phi) is 11.0. The fourth-order valence-electron chi connectivity index (χ4n) is 13.4. The fourth-order valence-corrected chi connectivity index (χ4v) is 14.8. The normalized spacial score (nSPS) is 17.6. The smallest absolute Gasteiger partial charge is 0.254 e. The van der Waals surface area contributed by atoms with Crippen molar-refractivity contribution in [3.63, 3.8) is 0 Å². The number of benzene rings is 7. The molecule has 4 aliphatic rings. The third kappa shape index (κ3) is 7.56. The SMILES string of the molecule is CCc1cc2sc3c(c2cc1CC)B1c2cc4c(cc2N(c2ccc5c(c2)C(C)(C)CCC5(C)C)c2cc(N(c5ccccc5)c5ccccc5)cc(c21)N3c1ccc(C(C)(C)C)cc1)C(C)(C)CCC4(C)C. The second kappa shape index (κ2) is 16.7. The highest BCUT2D eigenvalue weighted by Crippen LogP contribution is 2.55. The van der Waals surface area contributed by atoms with E-state index < -0.39 is 0 Å². The van der Waals surface area contributed by atoms with Gasteiger partial charge in [0.15, 0.2) is 0 Å². The zero-order valence-electron chi connectivity index (χ0n) is 45.8. The summed E-state index contributed by atoms with van der Waals surface area (Å²) in [5.41, 5.74) is 24.4. The number of para-hydroxylation sites is 2. The van der Waals surface area contributed by atoms with Gasteiger partial charge in [-0.1, -0.05) is 157 Å². The van der Waals surface area contributed by atoms with E-state index >= 15 is 0 Å². The molecule has 0 unspecified atom stereocenters. The molecule has 2 aliphatic heterocycles. The van der Waals surface area contributed by atoms with Gasteiger partial charge in [0.1, 0.15) is 0 Å². The molecule has 3 nitrogen and oxygen atoms in total. The standard InChI is InChI=1S/C68H74BN3S/c1-14-43-36-51-60(37-44(43)15-2)73-63-61(51)69-56-41-54-55(68(12,13)35-34-67(54,10)11)42-57(56)71(49-30-31-52-53(38-49)66(8,9)33-32-65(52,6)7)58-39-50(70(46-22-18-16-19-23-46)47-24-20-17-21-25-47)40-59(62(58)69)72(63)48-28-26-45(27-29-48)64(3,4)5/h16-31,36-42H,14-15,32-35H2,1-13H3. The zero-order chi connectivity index (χ0) is 51.1. The van der Waals surface area contributed by atoms with Crippen LogP contribution in [0.15, 0.2) is 140 Å². The van der Waals surface area contributed by atoms with Crippen molar-refractivity contribution in [1.82, 2.24) is 0 Å². The Bertz CT molecular complexity index is 3440. The van der Waals surface area contributed by atoms with Gasteiger partial charge in [0.2, 0.25) is 0 Å². The van der Waals surface area contributed by atoms with Crippen LogP contribution in [0.3, 0.4) is 0 Å². The molecule has 0 amide bonds. The first-order valence-corrected chi connectivity index (χ1v) is 28.2. The molecule has 2 aliphatic carbocycles. The number of anilines is 9. The lowest BCUT2D eigenvalue weighted by molar-refractivity contribution is 0.332. The highest BCUT2D eigenvalue weighted by Gasteiger charge is 2.49. The van der Waals surface area contributed by atoms with Crippen LogP contribution in [0.5, 0.6) is 0 Å². The average molecular weight is 976 g/mol. The van der Waals surface area contributed by atoms with Gasteiger partial charge in [0.05, 0.1) is 10.7 Å². The fraction of sp³-hybridized carbons (Fsp3) is 0.353. The predicted molar refractivity (Wildman–Crippen MR) is 319 cm³/mol. The highest BCUT2D eigenvalue weighted by atomic mass is 32.1. The Hall–Kier alpha value is -6.04. The molecule has 0 radical (unpaired) electrons. The monoisotopic (exact) mass is 976 g/mol. The second-order valence-electron chi connectivity index (χ2n) is 25.7. The van der Waals surface area contributed by atoms with Crippen molar-refractivity contribution in [2.45, 2.75) is 156 Å². The van der Waals surface area contributed by atoms with Crippen LogP contribution in [0.2, 0.25) is 0 Å². The van der Waals surface area contributed by atoms with Gasteiger partial charge >= 0.3 is 0 Å². The van der Waals surface area contributed by atoms with Crippen molar-refractivity contribution >= 4 is 95.0 Å². The van der Waals surface area contributed by atoms with E-state index in [9.17, 15) is 0 Å². The van der Waals surface area contributed by atoms with Crippen LogP contribution in [0.4, 0.5) is 50.5 Å². The van der Waals surface area contributed by atoms with Crippen LogP contribution in [0, 0.1) is 0 Å². The summed E-state index contributed by atoms with van der Waals surface area (Å²) in [6, 6.07) is 54.8. The summed E-state index contributed by atoms with van der Waals surface area (Å²) in [7, 11) is 0. The van der Waals surface area contributed by atoms with Crippen LogP contribution in [0.1, 0.15) is 155 Å². The summed E-state index contributed by atoms with van der Waals surface area (Å²) in [6.45, 7) is 31.5. The van der Waals surface area contributed by atoms with Crippen LogP contribution in [-0.2, 0) is 39.9 Å². The van der Waals surface area contributed by atoms with E-state index in [4.69, 9.17) is 0 Å². The molecule has 0 bridgehead atoms. The maximum absolute atomic E-state index is 2.73. The number of hydrogen-bond donors (Lipinski definition) is 0. The number of fused-ring (bicyclic) bond motifs is 8. The summed E-state index contributed by atoms with van der Waals surface area (Å²) >= 11 is 1.99. The molecule has 73 heavy (non-hydrogen) atoms. The van der Waals surface area contributed by atoms with Crippen molar-refractivity contribution in [1.29, 1.82) is 0 Å². The molecule has 0 fully saturated rings. The lowest BCUT2D eigenvalue weighted by Crippen LogP contribution is -2.61. The van der Waals surface area contributed by atoms with Gasteiger partial charge in [0.25, 0.3) is 6.71 Å². The minimum atomic E-state index is -0.00243. The molecule has 1 aromatic heterocycles. The maximum atomic E-state index is 2.73. The van der Waals surface area contributed by atoms with Gasteiger partial charge in [-0.15, -0.1) is 11.3 Å². The van der Waals surface area contributed by atoms with Crippen LogP contribution in [0.25, 0.3) is 10.1 Å². The molecular formula is C68H74BN3S. The Morgan fingerprint density at radius 3 is 1.56 bits per heavy atom. The molecule has 0 saturated carbocycles. The lowest BCUT2D eigenvalue weighted by atomic mass is 9.33. The Balaban J connectivity index is 1.26. The summed E-state index contributed by atoms with van der Waals surface area (Å²) < 4.78 is 1.38. The average Bonchev–Trinajstić information content (AvgIpc) is 3.75. The molecule has 0 saturated heterocycles. The van der Waals surface area contributed by atoms with Crippen molar-refractivity contribution in [3.05, 3.63) is 178 Å². The number of rotatable bonds is 7. The molecule has 0 N–H and O–H groups in total. The van der Waals surface area contributed by atoms with E-state index in [2.05, 4.69) is 244 Å². The summed E-state index contributed by atoms with van der Waals surface area (Å²) in [4.78, 5) is 7.88. The molecule has 12 rings (SSSR count). The predicted octanol–water partition coefficient (Wildman–Crippen LogP) is 17.6. The largest absolute Gasteiger partial charge is 0.311 e. The number of aryl methyl sites for hydroxylation is 2. The summed E-state index contributed by atoms with van der Waals surface area (Å²) in [5, 5.41) is 2.73. The molecule has 0 spiro atoms. The molecular weight excluding hydrogens is 902 g/mol. The number of nitrogens with zero attached hydrogens (tertiary/aromatic N) is 3. The first-order chi connectivity index (χ1) is 34.7. The van der Waals surface area contributed by atoms with Gasteiger partial charge in [-0.3, -0.25) is 0 Å². The molecule has 3 heterocycles. The van der Waals surface area contributed by atoms with Crippen LogP contribution >= 0.6 is 11.3 Å². The number of hydrogen-bond acceptors (Lipinski definition) is 4. The highest BCUT2D eigenvalue weighted by molar-refractivity contribution is 7.26. The van der Waals surface area contributed by atoms with E-state index in [0.717, 1.165) is 42.7 Å². The van der Waals surface area contributed by atoms with E-state index in [1.807, 2.05) is 11.3 Å². The topological polar surface area (TPSA) is 9.72 Å². The van der Waals surface area contributed by atoms with Gasteiger partial charge in [-0.25, -0.2) is 0 Å². The summed E-state index contributed by atoms with van der Waals surface area (Å²) in [5.74, 6) is 0. The van der Waals surface area contributed by atoms with Gasteiger partial charge in [-0.05, 0) is 199 Å². The van der Waals surface area contributed by atoms with Crippen molar-refractivity contribution in [3.8, 4) is 0 Å². The Morgan fingerprint density at radius 1 is 0.493 bits per heavy atom. The van der Waals surface area contributed by atoms with Crippen molar-refractivity contribution in [2.24, 2.45) is 0 Å². The third-order valence-corrected chi connectivity index (χ3v) is 19.3.